The van der Waals surface area contributed by atoms with Crippen LogP contribution in [0.5, 0.6) is 0 Å². The molecule has 1 atom stereocenters. The van der Waals surface area contributed by atoms with E-state index in [1.165, 1.54) is 11.3 Å². The number of anilines is 2. The molecule has 1 N–H and O–H groups in total. The van der Waals surface area contributed by atoms with Gasteiger partial charge in [-0.15, -0.1) is 11.3 Å². The highest BCUT2D eigenvalue weighted by Gasteiger charge is 2.23. The smallest absolute Gasteiger partial charge is 0.219 e. The Bertz CT molecular complexity index is 598. The molecular weight excluding hydrogens is 286 g/mol. The molecule has 1 aliphatic rings. The molecule has 0 unspecified atom stereocenters. The van der Waals surface area contributed by atoms with Crippen molar-refractivity contribution in [2.75, 3.05) is 18.4 Å². The van der Waals surface area contributed by atoms with E-state index in [4.69, 9.17) is 0 Å². The molecule has 3 heterocycles. The van der Waals surface area contributed by atoms with E-state index in [1.54, 1.807) is 25.5 Å². The Morgan fingerprint density at radius 3 is 2.95 bits per heavy atom. The summed E-state index contributed by atoms with van der Waals surface area (Å²) in [5.74, 6) is 1.10. The van der Waals surface area contributed by atoms with Crippen LogP contribution in [0, 0.1) is 0 Å². The third-order valence-electron chi connectivity index (χ3n) is 3.62. The van der Waals surface area contributed by atoms with Gasteiger partial charge in [0.2, 0.25) is 5.91 Å². The summed E-state index contributed by atoms with van der Waals surface area (Å²) in [6, 6.07) is 0. The van der Waals surface area contributed by atoms with E-state index in [2.05, 4.69) is 20.3 Å². The van der Waals surface area contributed by atoms with Gasteiger partial charge in [-0.05, 0) is 12.8 Å². The molecule has 21 heavy (non-hydrogen) atoms. The minimum absolute atomic E-state index is 0.134. The molecule has 1 amide bonds. The van der Waals surface area contributed by atoms with Gasteiger partial charge >= 0.3 is 0 Å². The fourth-order valence-corrected chi connectivity index (χ4v) is 3.05. The molecule has 0 bridgehead atoms. The maximum absolute atomic E-state index is 11.5. The third kappa shape index (κ3) is 3.36. The average Bonchev–Trinajstić information content (AvgIpc) is 3.01. The quantitative estimate of drug-likeness (QED) is 0.942. The Balaban J connectivity index is 1.67. The summed E-state index contributed by atoms with van der Waals surface area (Å²) < 4.78 is 0. The Morgan fingerprint density at radius 1 is 1.38 bits per heavy atom. The molecular formula is C14H17N5OS. The lowest BCUT2D eigenvalue weighted by Gasteiger charge is -2.31. The number of likely N-dealkylation sites (tertiary alicyclic amines) is 1. The molecule has 2 aromatic heterocycles. The van der Waals surface area contributed by atoms with E-state index in [1.807, 2.05) is 10.3 Å². The number of thiazole rings is 1. The van der Waals surface area contributed by atoms with Crippen molar-refractivity contribution in [3.8, 4) is 0 Å². The van der Waals surface area contributed by atoms with Gasteiger partial charge in [0, 0.05) is 37.5 Å². The lowest BCUT2D eigenvalue weighted by molar-refractivity contribution is -0.130. The minimum atomic E-state index is 0.134. The number of hydrogen-bond donors (Lipinski definition) is 1. The molecule has 1 fully saturated rings. The number of piperidine rings is 1. The van der Waals surface area contributed by atoms with Crippen molar-refractivity contribution in [2.24, 2.45) is 0 Å². The van der Waals surface area contributed by atoms with Crippen LogP contribution in [0.4, 0.5) is 10.9 Å². The summed E-state index contributed by atoms with van der Waals surface area (Å²) in [5.41, 5.74) is 0.950. The molecule has 0 spiro atoms. The van der Waals surface area contributed by atoms with Crippen molar-refractivity contribution in [3.63, 3.8) is 0 Å². The third-order valence-corrected chi connectivity index (χ3v) is 4.31. The molecule has 2 aromatic rings. The Labute approximate surface area is 127 Å². The van der Waals surface area contributed by atoms with Gasteiger partial charge < -0.3 is 10.2 Å². The number of carbonyl (C=O) groups is 1. The van der Waals surface area contributed by atoms with E-state index < -0.39 is 0 Å². The highest BCUT2D eigenvalue weighted by molar-refractivity contribution is 7.13. The van der Waals surface area contributed by atoms with Crippen LogP contribution in [0.2, 0.25) is 0 Å². The Morgan fingerprint density at radius 2 is 2.29 bits per heavy atom. The second-order valence-corrected chi connectivity index (χ2v) is 5.99. The SMILES string of the molecule is CC(=O)N1CCC[C@@H](c2cnc(Nc3nccs3)cn2)C1. The van der Waals surface area contributed by atoms with Crippen LogP contribution < -0.4 is 5.32 Å². The van der Waals surface area contributed by atoms with Crippen LogP contribution >= 0.6 is 11.3 Å². The average molecular weight is 303 g/mol. The van der Waals surface area contributed by atoms with Crippen LogP contribution in [0.15, 0.2) is 24.0 Å². The molecule has 0 aromatic carbocycles. The predicted molar refractivity (Wildman–Crippen MR) is 81.7 cm³/mol. The zero-order valence-corrected chi connectivity index (χ0v) is 12.6. The Hall–Kier alpha value is -2.02. The number of amides is 1. The van der Waals surface area contributed by atoms with Gasteiger partial charge in [-0.1, -0.05) is 0 Å². The number of rotatable bonds is 3. The van der Waals surface area contributed by atoms with Gasteiger partial charge in [0.1, 0.15) is 0 Å². The van der Waals surface area contributed by atoms with Crippen molar-refractivity contribution in [3.05, 3.63) is 29.7 Å². The molecule has 0 radical (unpaired) electrons. The Kier molecular flexibility index (Phi) is 4.10. The van der Waals surface area contributed by atoms with E-state index >= 15 is 0 Å². The first-order valence-corrected chi connectivity index (χ1v) is 7.84. The maximum Gasteiger partial charge on any atom is 0.219 e. The summed E-state index contributed by atoms with van der Waals surface area (Å²) in [5, 5.41) is 5.82. The van der Waals surface area contributed by atoms with Crippen LogP contribution in [0.25, 0.3) is 0 Å². The first kappa shape index (κ1) is 13.9. The second-order valence-electron chi connectivity index (χ2n) is 5.09. The number of hydrogen-bond acceptors (Lipinski definition) is 6. The number of nitrogens with one attached hydrogen (secondary N) is 1. The lowest BCUT2D eigenvalue weighted by atomic mass is 9.95. The monoisotopic (exact) mass is 303 g/mol. The topological polar surface area (TPSA) is 71.0 Å². The van der Waals surface area contributed by atoms with Crippen molar-refractivity contribution in [1.29, 1.82) is 0 Å². The highest BCUT2D eigenvalue weighted by atomic mass is 32.1. The summed E-state index contributed by atoms with van der Waals surface area (Å²) in [4.78, 5) is 26.4. The van der Waals surface area contributed by atoms with Gasteiger partial charge in [-0.25, -0.2) is 9.97 Å². The zero-order chi connectivity index (χ0) is 14.7. The number of carbonyl (C=O) groups excluding carboxylic acids is 1. The number of nitrogens with zero attached hydrogens (tertiary/aromatic N) is 4. The maximum atomic E-state index is 11.5. The van der Waals surface area contributed by atoms with Crippen LogP contribution in [-0.4, -0.2) is 38.8 Å². The summed E-state index contributed by atoms with van der Waals surface area (Å²) in [6.07, 6.45) is 7.34. The van der Waals surface area contributed by atoms with Crippen LogP contribution in [-0.2, 0) is 4.79 Å². The largest absolute Gasteiger partial charge is 0.342 e. The molecule has 3 rings (SSSR count). The fraction of sp³-hybridized carbons (Fsp3) is 0.429. The molecule has 1 aliphatic heterocycles. The summed E-state index contributed by atoms with van der Waals surface area (Å²) in [7, 11) is 0. The molecule has 6 nitrogen and oxygen atoms in total. The summed E-state index contributed by atoms with van der Waals surface area (Å²) in [6.45, 7) is 3.21. The van der Waals surface area contributed by atoms with Gasteiger partial charge in [-0.3, -0.25) is 9.78 Å². The highest BCUT2D eigenvalue weighted by Crippen LogP contribution is 2.26. The first-order chi connectivity index (χ1) is 10.2. The van der Waals surface area contributed by atoms with Gasteiger partial charge in [0.05, 0.1) is 18.1 Å². The van der Waals surface area contributed by atoms with Crippen molar-refractivity contribution in [1.82, 2.24) is 19.9 Å². The van der Waals surface area contributed by atoms with Crippen LogP contribution in [0.1, 0.15) is 31.4 Å². The van der Waals surface area contributed by atoms with Gasteiger partial charge in [0.25, 0.3) is 0 Å². The minimum Gasteiger partial charge on any atom is -0.342 e. The molecule has 0 aliphatic carbocycles. The fourth-order valence-electron chi connectivity index (χ4n) is 2.51. The predicted octanol–water partition coefficient (Wildman–Crippen LogP) is 2.40. The van der Waals surface area contributed by atoms with E-state index in [-0.39, 0.29) is 11.8 Å². The molecule has 7 heteroatoms. The lowest BCUT2D eigenvalue weighted by Crippen LogP contribution is -2.37. The van der Waals surface area contributed by atoms with E-state index in [0.717, 1.165) is 36.8 Å². The second kappa shape index (κ2) is 6.17. The van der Waals surface area contributed by atoms with E-state index in [9.17, 15) is 4.79 Å². The zero-order valence-electron chi connectivity index (χ0n) is 11.8. The van der Waals surface area contributed by atoms with Crippen molar-refractivity contribution >= 4 is 28.2 Å². The summed E-state index contributed by atoms with van der Waals surface area (Å²) >= 11 is 1.52. The standard InChI is InChI=1S/C14H17N5OS/c1-10(20)19-5-2-3-11(9-19)12-7-17-13(8-16-12)18-14-15-4-6-21-14/h4,6-8,11H,2-3,5,9H2,1H3,(H,15,17,18)/t11-/m1/s1. The van der Waals surface area contributed by atoms with Gasteiger partial charge in [0.15, 0.2) is 10.9 Å². The van der Waals surface area contributed by atoms with Crippen molar-refractivity contribution < 1.29 is 4.79 Å². The normalized spacial score (nSPS) is 18.5. The van der Waals surface area contributed by atoms with E-state index in [0.29, 0.717) is 5.82 Å². The van der Waals surface area contributed by atoms with Gasteiger partial charge in [-0.2, -0.15) is 0 Å². The molecule has 0 saturated carbocycles. The molecule has 110 valence electrons. The number of aromatic nitrogens is 3. The van der Waals surface area contributed by atoms with Crippen LogP contribution in [0.3, 0.4) is 0 Å². The first-order valence-electron chi connectivity index (χ1n) is 6.96. The molecule has 1 saturated heterocycles. The van der Waals surface area contributed by atoms with Crippen molar-refractivity contribution in [2.45, 2.75) is 25.7 Å².